The Bertz CT molecular complexity index is 811. The van der Waals surface area contributed by atoms with Gasteiger partial charge in [0.25, 0.3) is 0 Å². The lowest BCUT2D eigenvalue weighted by atomic mass is 10.2. The standard InChI is InChI=1S/C20H24F2N4O.HI/c1-23-20(24-14-15-12-16(21)6-7-19(15)22)26-10-8-25(9-11-26)17-4-3-5-18(13-17)27-2;/h3-7,12-13H,8-11,14H2,1-2H3,(H,23,24);1H. The van der Waals surface area contributed by atoms with Gasteiger partial charge >= 0.3 is 0 Å². The first-order valence-corrected chi connectivity index (χ1v) is 8.89. The molecule has 1 N–H and O–H groups in total. The van der Waals surface area contributed by atoms with Crippen LogP contribution in [-0.4, -0.2) is 51.2 Å². The Morgan fingerprint density at radius 1 is 1.11 bits per heavy atom. The Hall–Kier alpha value is -2.10. The number of benzene rings is 2. The first-order valence-electron chi connectivity index (χ1n) is 8.89. The lowest BCUT2D eigenvalue weighted by molar-refractivity contribution is 0.371. The molecule has 0 saturated carbocycles. The number of guanidine groups is 1. The lowest BCUT2D eigenvalue weighted by Crippen LogP contribution is -2.52. The zero-order valence-electron chi connectivity index (χ0n) is 16.0. The second-order valence-electron chi connectivity index (χ2n) is 6.31. The van der Waals surface area contributed by atoms with Crippen molar-refractivity contribution in [3.8, 4) is 5.75 Å². The SMILES string of the molecule is CN=C(NCc1cc(F)ccc1F)N1CCN(c2cccc(OC)c2)CC1.I. The molecule has 0 atom stereocenters. The number of aliphatic imine (C=N–C) groups is 1. The maximum absolute atomic E-state index is 13.8. The van der Waals surface area contributed by atoms with E-state index in [1.165, 1.54) is 6.07 Å². The minimum absolute atomic E-state index is 0. The van der Waals surface area contributed by atoms with E-state index in [2.05, 4.69) is 26.2 Å². The molecule has 1 aliphatic heterocycles. The van der Waals surface area contributed by atoms with Gasteiger partial charge in [0, 0.05) is 57.1 Å². The van der Waals surface area contributed by atoms with Gasteiger partial charge in [0.1, 0.15) is 17.4 Å². The summed E-state index contributed by atoms with van der Waals surface area (Å²) in [4.78, 5) is 8.69. The van der Waals surface area contributed by atoms with E-state index in [1.807, 2.05) is 18.2 Å². The molecule has 0 aromatic heterocycles. The van der Waals surface area contributed by atoms with Crippen LogP contribution in [-0.2, 0) is 6.54 Å². The quantitative estimate of drug-likeness (QED) is 0.395. The molecule has 3 rings (SSSR count). The van der Waals surface area contributed by atoms with Crippen molar-refractivity contribution in [3.05, 3.63) is 59.7 Å². The molecule has 8 heteroatoms. The summed E-state index contributed by atoms with van der Waals surface area (Å²) in [5.41, 5.74) is 1.41. The summed E-state index contributed by atoms with van der Waals surface area (Å²) in [6.45, 7) is 3.42. The van der Waals surface area contributed by atoms with E-state index in [-0.39, 0.29) is 36.1 Å². The fraction of sp³-hybridized carbons (Fsp3) is 0.350. The van der Waals surface area contributed by atoms with Gasteiger partial charge in [0.05, 0.1) is 7.11 Å². The largest absolute Gasteiger partial charge is 0.497 e. The Balaban J connectivity index is 0.00000280. The number of halogens is 3. The summed E-state index contributed by atoms with van der Waals surface area (Å²) < 4.78 is 32.4. The van der Waals surface area contributed by atoms with Gasteiger partial charge in [-0.3, -0.25) is 4.99 Å². The van der Waals surface area contributed by atoms with Crippen LogP contribution >= 0.6 is 24.0 Å². The van der Waals surface area contributed by atoms with Crippen LogP contribution < -0.4 is 15.0 Å². The highest BCUT2D eigenvalue weighted by molar-refractivity contribution is 14.0. The zero-order valence-corrected chi connectivity index (χ0v) is 18.3. The molecule has 0 aliphatic carbocycles. The van der Waals surface area contributed by atoms with Gasteiger partial charge in [0.15, 0.2) is 5.96 Å². The van der Waals surface area contributed by atoms with Crippen LogP contribution in [0.3, 0.4) is 0 Å². The fourth-order valence-corrected chi connectivity index (χ4v) is 3.17. The molecule has 1 fully saturated rings. The van der Waals surface area contributed by atoms with Crippen LogP contribution in [0.4, 0.5) is 14.5 Å². The third kappa shape index (κ3) is 5.46. The molecule has 0 unspecified atom stereocenters. The van der Waals surface area contributed by atoms with Crippen LogP contribution in [0.15, 0.2) is 47.5 Å². The van der Waals surface area contributed by atoms with Crippen molar-refractivity contribution in [3.63, 3.8) is 0 Å². The second kappa shape index (κ2) is 10.4. The lowest BCUT2D eigenvalue weighted by Gasteiger charge is -2.37. The average molecular weight is 502 g/mol. The Morgan fingerprint density at radius 3 is 2.54 bits per heavy atom. The summed E-state index contributed by atoms with van der Waals surface area (Å²) in [7, 11) is 3.35. The van der Waals surface area contributed by atoms with Crippen LogP contribution in [0.5, 0.6) is 5.75 Å². The maximum Gasteiger partial charge on any atom is 0.194 e. The molecule has 0 spiro atoms. The third-order valence-electron chi connectivity index (χ3n) is 4.65. The van der Waals surface area contributed by atoms with Crippen LogP contribution in [0, 0.1) is 11.6 Å². The molecule has 152 valence electrons. The predicted molar refractivity (Wildman–Crippen MR) is 119 cm³/mol. The normalized spacial score (nSPS) is 14.5. The molecule has 1 saturated heterocycles. The van der Waals surface area contributed by atoms with E-state index in [0.717, 1.165) is 49.7 Å². The molecule has 5 nitrogen and oxygen atoms in total. The number of hydrogen-bond donors (Lipinski definition) is 1. The molecule has 0 radical (unpaired) electrons. The van der Waals surface area contributed by atoms with E-state index in [1.54, 1.807) is 14.2 Å². The van der Waals surface area contributed by atoms with Crippen LogP contribution in [0.1, 0.15) is 5.56 Å². The number of hydrogen-bond acceptors (Lipinski definition) is 3. The molecule has 2 aromatic carbocycles. The van der Waals surface area contributed by atoms with Gasteiger partial charge in [-0.15, -0.1) is 24.0 Å². The van der Waals surface area contributed by atoms with Crippen molar-refractivity contribution in [1.82, 2.24) is 10.2 Å². The minimum Gasteiger partial charge on any atom is -0.497 e. The van der Waals surface area contributed by atoms with Gasteiger partial charge in [-0.1, -0.05) is 6.07 Å². The molecule has 0 amide bonds. The van der Waals surface area contributed by atoms with Gasteiger partial charge in [0.2, 0.25) is 0 Å². The number of ether oxygens (including phenoxy) is 1. The number of anilines is 1. The zero-order chi connectivity index (χ0) is 19.2. The van der Waals surface area contributed by atoms with Crippen LogP contribution in [0.2, 0.25) is 0 Å². The number of piperazine rings is 1. The topological polar surface area (TPSA) is 40.1 Å². The van der Waals surface area contributed by atoms with Gasteiger partial charge in [-0.05, 0) is 30.3 Å². The monoisotopic (exact) mass is 502 g/mol. The maximum atomic E-state index is 13.8. The summed E-state index contributed by atoms with van der Waals surface area (Å²) in [5, 5.41) is 3.13. The Kier molecular flexibility index (Phi) is 8.28. The Morgan fingerprint density at radius 2 is 1.86 bits per heavy atom. The average Bonchev–Trinajstić information content (AvgIpc) is 2.71. The van der Waals surface area contributed by atoms with E-state index < -0.39 is 11.6 Å². The smallest absolute Gasteiger partial charge is 0.194 e. The highest BCUT2D eigenvalue weighted by Gasteiger charge is 2.20. The second-order valence-corrected chi connectivity index (χ2v) is 6.31. The van der Waals surface area contributed by atoms with E-state index >= 15 is 0 Å². The third-order valence-corrected chi connectivity index (χ3v) is 4.65. The van der Waals surface area contributed by atoms with Crippen LogP contribution in [0.25, 0.3) is 0 Å². The predicted octanol–water partition coefficient (Wildman–Crippen LogP) is 3.49. The molecule has 0 bridgehead atoms. The first-order chi connectivity index (χ1) is 13.1. The number of rotatable bonds is 4. The minimum atomic E-state index is -0.449. The molecule has 1 heterocycles. The van der Waals surface area contributed by atoms with Crippen molar-refractivity contribution >= 4 is 35.6 Å². The summed E-state index contributed by atoms with van der Waals surface area (Å²) >= 11 is 0. The van der Waals surface area contributed by atoms with Crippen molar-refractivity contribution < 1.29 is 13.5 Å². The molecule has 1 aliphatic rings. The molecule has 2 aromatic rings. The first kappa shape index (κ1) is 22.2. The van der Waals surface area contributed by atoms with Gasteiger partial charge in [-0.25, -0.2) is 8.78 Å². The van der Waals surface area contributed by atoms with Crippen molar-refractivity contribution in [2.45, 2.75) is 6.54 Å². The van der Waals surface area contributed by atoms with Gasteiger partial charge in [-0.2, -0.15) is 0 Å². The highest BCUT2D eigenvalue weighted by Crippen LogP contribution is 2.22. The molecular formula is C20H25F2IN4O. The van der Waals surface area contributed by atoms with E-state index in [4.69, 9.17) is 4.74 Å². The van der Waals surface area contributed by atoms with Gasteiger partial charge < -0.3 is 19.9 Å². The van der Waals surface area contributed by atoms with Crippen molar-refractivity contribution in [2.75, 3.05) is 45.2 Å². The Labute approximate surface area is 181 Å². The number of nitrogens with zero attached hydrogens (tertiary/aromatic N) is 3. The summed E-state index contributed by atoms with van der Waals surface area (Å²) in [6, 6.07) is 11.5. The number of methoxy groups -OCH3 is 1. The summed E-state index contributed by atoms with van der Waals surface area (Å²) in [6.07, 6.45) is 0. The molecular weight excluding hydrogens is 477 g/mol. The van der Waals surface area contributed by atoms with E-state index in [9.17, 15) is 8.78 Å². The van der Waals surface area contributed by atoms with Crippen molar-refractivity contribution in [1.29, 1.82) is 0 Å². The highest BCUT2D eigenvalue weighted by atomic mass is 127. The fourth-order valence-electron chi connectivity index (χ4n) is 3.17. The van der Waals surface area contributed by atoms with Crippen molar-refractivity contribution in [2.24, 2.45) is 4.99 Å². The molecule has 28 heavy (non-hydrogen) atoms. The van der Waals surface area contributed by atoms with E-state index in [0.29, 0.717) is 5.96 Å². The number of nitrogens with one attached hydrogen (secondary N) is 1. The summed E-state index contributed by atoms with van der Waals surface area (Å²) in [5.74, 6) is 0.644.